The second kappa shape index (κ2) is 5.69. The highest BCUT2D eigenvalue weighted by atomic mass is 15.3. The average molecular weight is 189 g/mol. The largest absolute Gasteiger partial charge is 0.253 e. The lowest BCUT2D eigenvalue weighted by Crippen LogP contribution is -1.94. The first-order valence-electron chi connectivity index (χ1n) is 4.38. The van der Waals surface area contributed by atoms with Crippen molar-refractivity contribution < 1.29 is 0 Å². The van der Waals surface area contributed by atoms with Crippen molar-refractivity contribution >= 4 is 0 Å². The fourth-order valence-electron chi connectivity index (χ4n) is 0.802. The highest BCUT2D eigenvalue weighted by molar-refractivity contribution is 5.46. The maximum Gasteiger partial charge on any atom is 0.221 e. The van der Waals surface area contributed by atoms with Crippen LogP contribution in [-0.2, 0) is 0 Å². The van der Waals surface area contributed by atoms with Crippen molar-refractivity contribution in [2.45, 2.75) is 13.8 Å². The van der Waals surface area contributed by atoms with Gasteiger partial charge in [0, 0.05) is 6.20 Å². The van der Waals surface area contributed by atoms with Gasteiger partial charge >= 0.3 is 0 Å². The lowest BCUT2D eigenvalue weighted by atomic mass is 10.3. The van der Waals surface area contributed by atoms with Crippen molar-refractivity contribution in [2.24, 2.45) is 0 Å². The minimum absolute atomic E-state index is 0.443. The molecule has 0 fully saturated rings. The Hall–Kier alpha value is -1.91. The second-order valence-corrected chi connectivity index (χ2v) is 2.08. The number of rotatable bonds is 1. The molecule has 5 nitrogen and oxygen atoms in total. The summed E-state index contributed by atoms with van der Waals surface area (Å²) in [5.41, 5.74) is 0.679. The number of pyridine rings is 1. The van der Waals surface area contributed by atoms with Crippen LogP contribution in [0, 0.1) is 0 Å². The molecule has 2 aromatic heterocycles. The van der Waals surface area contributed by atoms with Crippen molar-refractivity contribution in [3.63, 3.8) is 0 Å². The number of hydrogen-bond donors (Lipinski definition) is 0. The zero-order valence-electron chi connectivity index (χ0n) is 8.12. The van der Waals surface area contributed by atoms with E-state index in [-0.39, 0.29) is 0 Å². The number of nitrogens with zero attached hydrogens (tertiary/aromatic N) is 5. The van der Waals surface area contributed by atoms with Gasteiger partial charge in [0.05, 0.1) is 0 Å². The third-order valence-electron chi connectivity index (χ3n) is 1.30. The minimum Gasteiger partial charge on any atom is -0.253 e. The van der Waals surface area contributed by atoms with E-state index in [1.807, 2.05) is 26.0 Å². The standard InChI is InChI=1S/C7H5N5.C2H6/c1-2-4-8-6(3-1)7-11-9-5-10-12-7;1-2/h1-5H;1-2H3. The first kappa shape index (κ1) is 10.2. The van der Waals surface area contributed by atoms with Gasteiger partial charge in [-0.15, -0.1) is 20.4 Å². The fraction of sp³-hybridized carbons (Fsp3) is 0.222. The molecule has 0 bridgehead atoms. The molecule has 0 saturated carbocycles. The molecule has 0 amide bonds. The Morgan fingerprint density at radius 1 is 1.00 bits per heavy atom. The van der Waals surface area contributed by atoms with E-state index in [1.54, 1.807) is 12.3 Å². The van der Waals surface area contributed by atoms with Crippen molar-refractivity contribution in [1.82, 2.24) is 25.4 Å². The van der Waals surface area contributed by atoms with Gasteiger partial charge in [0.1, 0.15) is 5.69 Å². The summed E-state index contributed by atoms with van der Waals surface area (Å²) in [4.78, 5) is 4.04. The summed E-state index contributed by atoms with van der Waals surface area (Å²) in [5.74, 6) is 0.443. The molecule has 2 heterocycles. The maximum absolute atomic E-state index is 4.04. The SMILES string of the molecule is CC.c1ccc(-c2nncnn2)nc1. The first-order chi connectivity index (χ1) is 6.97. The predicted molar refractivity (Wildman–Crippen MR) is 52.2 cm³/mol. The molecule has 14 heavy (non-hydrogen) atoms. The molecule has 2 rings (SSSR count). The summed E-state index contributed by atoms with van der Waals surface area (Å²) in [7, 11) is 0. The Bertz CT molecular complexity index is 311. The van der Waals surface area contributed by atoms with Crippen molar-refractivity contribution in [3.8, 4) is 11.5 Å². The van der Waals surface area contributed by atoms with Gasteiger partial charge in [0.2, 0.25) is 5.82 Å². The Kier molecular flexibility index (Phi) is 4.13. The van der Waals surface area contributed by atoms with E-state index in [0.717, 1.165) is 0 Å². The van der Waals surface area contributed by atoms with Crippen LogP contribution in [0.5, 0.6) is 0 Å². The molecule has 0 aliphatic carbocycles. The van der Waals surface area contributed by atoms with Gasteiger partial charge in [0.25, 0.3) is 0 Å². The molecule has 0 unspecified atom stereocenters. The smallest absolute Gasteiger partial charge is 0.221 e. The van der Waals surface area contributed by atoms with Gasteiger partial charge in [-0.05, 0) is 12.1 Å². The van der Waals surface area contributed by atoms with Crippen molar-refractivity contribution in [3.05, 3.63) is 30.7 Å². The lowest BCUT2D eigenvalue weighted by Gasteiger charge is -1.92. The normalized spacial score (nSPS) is 8.71. The Balaban J connectivity index is 0.000000461. The molecule has 0 saturated heterocycles. The Labute approximate surface area is 82.3 Å². The first-order valence-corrected chi connectivity index (χ1v) is 4.38. The predicted octanol–water partition coefficient (Wildman–Crippen LogP) is 1.35. The molecule has 0 N–H and O–H groups in total. The van der Waals surface area contributed by atoms with Crippen LogP contribution in [-0.4, -0.2) is 25.4 Å². The summed E-state index contributed by atoms with van der Waals surface area (Å²) in [6.07, 6.45) is 2.96. The lowest BCUT2D eigenvalue weighted by molar-refractivity contribution is 0.859. The summed E-state index contributed by atoms with van der Waals surface area (Å²) < 4.78 is 0. The summed E-state index contributed by atoms with van der Waals surface area (Å²) in [5, 5.41) is 14.7. The molecular formula is C9H11N5. The molecule has 0 spiro atoms. The molecule has 72 valence electrons. The molecule has 0 aromatic carbocycles. The highest BCUT2D eigenvalue weighted by Crippen LogP contribution is 2.05. The average Bonchev–Trinajstić information content (AvgIpc) is 2.34. The van der Waals surface area contributed by atoms with Crippen molar-refractivity contribution in [2.75, 3.05) is 0 Å². The van der Waals surface area contributed by atoms with Gasteiger partial charge in [-0.2, -0.15) is 0 Å². The van der Waals surface area contributed by atoms with E-state index in [0.29, 0.717) is 11.5 Å². The maximum atomic E-state index is 4.04. The number of hydrogen-bond acceptors (Lipinski definition) is 5. The minimum atomic E-state index is 0.443. The molecule has 0 atom stereocenters. The highest BCUT2D eigenvalue weighted by Gasteiger charge is 1.99. The monoisotopic (exact) mass is 189 g/mol. The third kappa shape index (κ3) is 2.55. The molecule has 0 aliphatic heterocycles. The van der Waals surface area contributed by atoms with E-state index < -0.39 is 0 Å². The van der Waals surface area contributed by atoms with E-state index in [9.17, 15) is 0 Å². The molecular weight excluding hydrogens is 178 g/mol. The quantitative estimate of drug-likeness (QED) is 0.677. The van der Waals surface area contributed by atoms with Gasteiger partial charge in [0.15, 0.2) is 6.33 Å². The third-order valence-corrected chi connectivity index (χ3v) is 1.30. The van der Waals surface area contributed by atoms with Crippen LogP contribution in [0.1, 0.15) is 13.8 Å². The van der Waals surface area contributed by atoms with Gasteiger partial charge in [-0.25, -0.2) is 0 Å². The second-order valence-electron chi connectivity index (χ2n) is 2.08. The summed E-state index contributed by atoms with van der Waals surface area (Å²) in [6.45, 7) is 4.00. The molecule has 5 heteroatoms. The molecule has 0 aliphatic rings. The van der Waals surface area contributed by atoms with E-state index in [1.165, 1.54) is 6.33 Å². The van der Waals surface area contributed by atoms with Crippen LogP contribution in [0.15, 0.2) is 30.7 Å². The zero-order chi connectivity index (χ0) is 10.2. The van der Waals surface area contributed by atoms with Gasteiger partial charge in [-0.3, -0.25) is 4.98 Å². The van der Waals surface area contributed by atoms with Crippen LogP contribution in [0.4, 0.5) is 0 Å². The topological polar surface area (TPSA) is 64.5 Å². The summed E-state index contributed by atoms with van der Waals surface area (Å²) >= 11 is 0. The zero-order valence-corrected chi connectivity index (χ0v) is 8.12. The van der Waals surface area contributed by atoms with Crippen LogP contribution < -0.4 is 0 Å². The van der Waals surface area contributed by atoms with Gasteiger partial charge in [-0.1, -0.05) is 19.9 Å². The van der Waals surface area contributed by atoms with Gasteiger partial charge < -0.3 is 0 Å². The molecule has 2 aromatic rings. The van der Waals surface area contributed by atoms with Crippen LogP contribution >= 0.6 is 0 Å². The Morgan fingerprint density at radius 3 is 2.29 bits per heavy atom. The van der Waals surface area contributed by atoms with Crippen molar-refractivity contribution in [1.29, 1.82) is 0 Å². The van der Waals surface area contributed by atoms with E-state index >= 15 is 0 Å². The van der Waals surface area contributed by atoms with Crippen LogP contribution in [0.25, 0.3) is 11.5 Å². The number of aromatic nitrogens is 5. The summed E-state index contributed by atoms with van der Waals surface area (Å²) in [6, 6.07) is 5.49. The van der Waals surface area contributed by atoms with Crippen LogP contribution in [0.2, 0.25) is 0 Å². The van der Waals surface area contributed by atoms with Crippen LogP contribution in [0.3, 0.4) is 0 Å². The Morgan fingerprint density at radius 2 is 1.71 bits per heavy atom. The molecule has 0 radical (unpaired) electrons. The fourth-order valence-corrected chi connectivity index (χ4v) is 0.802. The van der Waals surface area contributed by atoms with E-state index in [2.05, 4.69) is 25.4 Å². The van der Waals surface area contributed by atoms with E-state index in [4.69, 9.17) is 0 Å².